The number of unbranched alkanes of at least 4 members (excludes halogenated alkanes) is 2. The molecule has 0 atom stereocenters. The van der Waals surface area contributed by atoms with Crippen molar-refractivity contribution in [2.45, 2.75) is 39.5 Å². The number of carboxylic acids is 1. The topological polar surface area (TPSA) is 66.6 Å². The normalized spacial score (nSPS) is 10.6. The summed E-state index contributed by atoms with van der Waals surface area (Å²) in [5.41, 5.74) is 6.85. The second kappa shape index (κ2) is 8.00. The molecule has 1 aromatic carbocycles. The van der Waals surface area contributed by atoms with Gasteiger partial charge in [0.25, 0.3) is 0 Å². The van der Waals surface area contributed by atoms with E-state index < -0.39 is 5.97 Å². The van der Waals surface area contributed by atoms with Crippen LogP contribution in [0.3, 0.4) is 0 Å². The largest absolute Gasteiger partial charge is 0.478 e. The minimum Gasteiger partial charge on any atom is -0.478 e. The molecule has 0 bridgehead atoms. The molecule has 20 heavy (non-hydrogen) atoms. The van der Waals surface area contributed by atoms with Gasteiger partial charge in [-0.25, -0.2) is 4.79 Å². The van der Waals surface area contributed by atoms with Crippen molar-refractivity contribution in [1.82, 2.24) is 0 Å². The highest BCUT2D eigenvalue weighted by Crippen LogP contribution is 2.33. The molecule has 0 saturated carbocycles. The van der Waals surface area contributed by atoms with Gasteiger partial charge in [-0.15, -0.1) is 0 Å². The number of nitrogens with two attached hydrogens (primary N) is 1. The Morgan fingerprint density at radius 1 is 1.25 bits per heavy atom. The highest BCUT2D eigenvalue weighted by Gasteiger charge is 2.20. The summed E-state index contributed by atoms with van der Waals surface area (Å²) in [7, 11) is 0. The lowest BCUT2D eigenvalue weighted by Crippen LogP contribution is -2.28. The molecule has 0 saturated heterocycles. The molecule has 4 nitrogen and oxygen atoms in total. The summed E-state index contributed by atoms with van der Waals surface area (Å²) < 4.78 is 0. The Morgan fingerprint density at radius 2 is 1.80 bits per heavy atom. The van der Waals surface area contributed by atoms with E-state index in [1.165, 1.54) is 6.07 Å². The van der Waals surface area contributed by atoms with Gasteiger partial charge < -0.3 is 15.7 Å². The molecule has 5 heteroatoms. The van der Waals surface area contributed by atoms with Crippen LogP contribution < -0.4 is 10.6 Å². The number of nitrogen functional groups attached to an aromatic ring is 1. The summed E-state index contributed by atoms with van der Waals surface area (Å²) in [6, 6.07) is 3.10. The van der Waals surface area contributed by atoms with Crippen molar-refractivity contribution in [3.05, 3.63) is 22.7 Å². The van der Waals surface area contributed by atoms with Crippen molar-refractivity contribution < 1.29 is 9.90 Å². The molecule has 0 heterocycles. The van der Waals surface area contributed by atoms with Gasteiger partial charge in [-0.05, 0) is 25.0 Å². The number of carboxylic acid groups (broad SMARTS) is 1. The molecule has 112 valence electrons. The van der Waals surface area contributed by atoms with E-state index in [2.05, 4.69) is 18.7 Å². The zero-order valence-electron chi connectivity index (χ0n) is 12.2. The Labute approximate surface area is 125 Å². The number of aromatic carboxylic acids is 1. The summed E-state index contributed by atoms with van der Waals surface area (Å²) in [6.45, 7) is 5.84. The number of hydrogen-bond donors (Lipinski definition) is 2. The van der Waals surface area contributed by atoms with Gasteiger partial charge in [0, 0.05) is 18.8 Å². The quantitative estimate of drug-likeness (QED) is 0.711. The number of carbonyl (C=O) groups is 1. The fraction of sp³-hybridized carbons (Fsp3) is 0.533. The van der Waals surface area contributed by atoms with Gasteiger partial charge in [-0.1, -0.05) is 38.3 Å². The molecule has 0 aliphatic rings. The van der Waals surface area contributed by atoms with Crippen LogP contribution in [0.4, 0.5) is 11.4 Å². The average Bonchev–Trinajstić information content (AvgIpc) is 2.39. The number of nitrogens with zero attached hydrogens (tertiary/aromatic N) is 1. The van der Waals surface area contributed by atoms with Crippen molar-refractivity contribution in [1.29, 1.82) is 0 Å². The Balaban J connectivity index is 3.18. The van der Waals surface area contributed by atoms with Crippen LogP contribution in [0, 0.1) is 0 Å². The number of rotatable bonds is 8. The molecule has 0 aliphatic heterocycles. The van der Waals surface area contributed by atoms with Crippen molar-refractivity contribution in [2.24, 2.45) is 0 Å². The van der Waals surface area contributed by atoms with Crippen molar-refractivity contribution in [3.63, 3.8) is 0 Å². The fourth-order valence-corrected chi connectivity index (χ4v) is 2.49. The first-order chi connectivity index (χ1) is 9.51. The first-order valence-corrected chi connectivity index (χ1v) is 7.46. The minimum atomic E-state index is -0.993. The Morgan fingerprint density at radius 3 is 2.25 bits per heavy atom. The van der Waals surface area contributed by atoms with E-state index in [4.69, 9.17) is 17.3 Å². The number of benzene rings is 1. The molecule has 1 rings (SSSR count). The minimum absolute atomic E-state index is 0.183. The van der Waals surface area contributed by atoms with Gasteiger partial charge >= 0.3 is 5.97 Å². The third-order valence-electron chi connectivity index (χ3n) is 3.20. The summed E-state index contributed by atoms with van der Waals surface area (Å²) in [5.74, 6) is -0.993. The van der Waals surface area contributed by atoms with E-state index in [9.17, 15) is 9.90 Å². The molecular weight excluding hydrogens is 276 g/mol. The zero-order chi connectivity index (χ0) is 15.1. The second-order valence-electron chi connectivity index (χ2n) is 4.90. The molecule has 0 unspecified atom stereocenters. The smallest absolute Gasteiger partial charge is 0.337 e. The Bertz CT molecular complexity index is 455. The van der Waals surface area contributed by atoms with Crippen LogP contribution in [-0.4, -0.2) is 24.2 Å². The van der Waals surface area contributed by atoms with Gasteiger partial charge in [0.2, 0.25) is 0 Å². The number of hydrogen-bond acceptors (Lipinski definition) is 3. The van der Waals surface area contributed by atoms with Gasteiger partial charge in [-0.2, -0.15) is 0 Å². The highest BCUT2D eigenvalue weighted by molar-refractivity contribution is 6.34. The van der Waals surface area contributed by atoms with Gasteiger partial charge in [0.05, 0.1) is 16.3 Å². The number of anilines is 2. The first kappa shape index (κ1) is 16.6. The van der Waals surface area contributed by atoms with E-state index in [0.717, 1.165) is 38.8 Å². The van der Waals surface area contributed by atoms with Crippen molar-refractivity contribution in [2.75, 3.05) is 23.7 Å². The summed E-state index contributed by atoms with van der Waals surface area (Å²) >= 11 is 6.25. The van der Waals surface area contributed by atoms with E-state index in [1.54, 1.807) is 6.07 Å². The van der Waals surface area contributed by atoms with E-state index in [-0.39, 0.29) is 5.56 Å². The lowest BCUT2D eigenvalue weighted by Gasteiger charge is -2.27. The Kier molecular flexibility index (Phi) is 6.65. The maximum atomic E-state index is 11.4. The van der Waals surface area contributed by atoms with Crippen LogP contribution in [-0.2, 0) is 0 Å². The average molecular weight is 299 g/mol. The molecule has 0 radical (unpaired) electrons. The summed E-state index contributed by atoms with van der Waals surface area (Å²) in [4.78, 5) is 13.5. The predicted octanol–water partition coefficient (Wildman–Crippen LogP) is 4.03. The fourth-order valence-electron chi connectivity index (χ4n) is 2.14. The molecule has 0 aliphatic carbocycles. The van der Waals surface area contributed by atoms with Crippen LogP contribution in [0.15, 0.2) is 12.1 Å². The maximum Gasteiger partial charge on any atom is 0.337 e. The molecule has 3 N–H and O–H groups in total. The standard InChI is InChI=1S/C15H23ClN2O2/c1-3-5-7-18(8-6-4-2)14-12(15(19)20)9-11(17)10-13(14)16/h9-10H,3-8,17H2,1-2H3,(H,19,20). The van der Waals surface area contributed by atoms with E-state index >= 15 is 0 Å². The van der Waals surface area contributed by atoms with Crippen LogP contribution in [0.1, 0.15) is 49.9 Å². The van der Waals surface area contributed by atoms with Crippen LogP contribution in [0.5, 0.6) is 0 Å². The summed E-state index contributed by atoms with van der Waals surface area (Å²) in [5, 5.41) is 9.79. The lowest BCUT2D eigenvalue weighted by atomic mass is 10.1. The SMILES string of the molecule is CCCCN(CCCC)c1c(Cl)cc(N)cc1C(=O)O. The van der Waals surface area contributed by atoms with Gasteiger partial charge in [0.15, 0.2) is 0 Å². The van der Waals surface area contributed by atoms with Crippen LogP contribution in [0.2, 0.25) is 5.02 Å². The zero-order valence-corrected chi connectivity index (χ0v) is 12.9. The third kappa shape index (κ3) is 4.30. The predicted molar refractivity (Wildman–Crippen MR) is 84.9 cm³/mol. The highest BCUT2D eigenvalue weighted by atomic mass is 35.5. The first-order valence-electron chi connectivity index (χ1n) is 7.08. The Hall–Kier alpha value is -1.42. The number of halogens is 1. The van der Waals surface area contributed by atoms with Crippen LogP contribution in [0.25, 0.3) is 0 Å². The van der Waals surface area contributed by atoms with Crippen LogP contribution >= 0.6 is 11.6 Å². The van der Waals surface area contributed by atoms with Gasteiger partial charge in [0.1, 0.15) is 0 Å². The molecule has 0 fully saturated rings. The summed E-state index contributed by atoms with van der Waals surface area (Å²) in [6.07, 6.45) is 4.11. The third-order valence-corrected chi connectivity index (χ3v) is 3.48. The van der Waals surface area contributed by atoms with Gasteiger partial charge in [-0.3, -0.25) is 0 Å². The monoisotopic (exact) mass is 298 g/mol. The molecule has 0 aromatic heterocycles. The van der Waals surface area contributed by atoms with E-state index in [1.807, 2.05) is 0 Å². The molecule has 1 aromatic rings. The molecular formula is C15H23ClN2O2. The second-order valence-corrected chi connectivity index (χ2v) is 5.31. The maximum absolute atomic E-state index is 11.4. The molecule has 0 amide bonds. The van der Waals surface area contributed by atoms with Crippen molar-refractivity contribution >= 4 is 28.9 Å². The molecule has 0 spiro atoms. The lowest BCUT2D eigenvalue weighted by molar-refractivity contribution is 0.0697. The van der Waals surface area contributed by atoms with E-state index in [0.29, 0.717) is 16.4 Å². The van der Waals surface area contributed by atoms with Crippen molar-refractivity contribution in [3.8, 4) is 0 Å².